The minimum Gasteiger partial charge on any atom is -0.508 e. The van der Waals surface area contributed by atoms with E-state index in [0.717, 1.165) is 6.07 Å². The molecule has 2 aromatic rings. The number of ketones is 1. The number of benzene rings is 2. The lowest BCUT2D eigenvalue weighted by Gasteiger charge is -2.27. The number of aromatic hydroxyl groups is 2. The van der Waals surface area contributed by atoms with Gasteiger partial charge in [-0.05, 0) is 44.0 Å². The molecule has 0 amide bonds. The van der Waals surface area contributed by atoms with E-state index in [0.29, 0.717) is 28.0 Å². The number of phenolic OH excluding ortho intramolecular Hbond substituents is 2. The quantitative estimate of drug-likeness (QED) is 0.466. The number of fused-ring (bicyclic) bond motifs is 1. The highest BCUT2D eigenvalue weighted by molar-refractivity contribution is 6.02. The summed E-state index contributed by atoms with van der Waals surface area (Å²) in [5, 5.41) is 40.5. The highest BCUT2D eigenvalue weighted by Crippen LogP contribution is 2.43. The van der Waals surface area contributed by atoms with Gasteiger partial charge < -0.3 is 29.9 Å². The Hall–Kier alpha value is -3.29. The number of rotatable bonds is 7. The molecule has 0 spiro atoms. The number of hydrogen-bond donors (Lipinski definition) is 4. The maximum atomic E-state index is 12.8. The van der Waals surface area contributed by atoms with Gasteiger partial charge in [-0.3, -0.25) is 4.79 Å². The summed E-state index contributed by atoms with van der Waals surface area (Å²) in [5.41, 5.74) is 1.54. The van der Waals surface area contributed by atoms with E-state index < -0.39 is 17.8 Å². The summed E-state index contributed by atoms with van der Waals surface area (Å²) >= 11 is 0. The van der Waals surface area contributed by atoms with Crippen molar-refractivity contribution in [3.05, 3.63) is 64.7 Å². The van der Waals surface area contributed by atoms with Gasteiger partial charge in [0.25, 0.3) is 0 Å². The molecule has 1 aliphatic heterocycles. The van der Waals surface area contributed by atoms with Crippen LogP contribution in [0.5, 0.6) is 23.0 Å². The number of aliphatic hydroxyl groups is 2. The molecule has 0 aromatic heterocycles. The molecule has 33 heavy (non-hydrogen) atoms. The van der Waals surface area contributed by atoms with Crippen LogP contribution in [-0.4, -0.2) is 45.0 Å². The second kappa shape index (κ2) is 9.29. The molecular formula is C26H30O7. The zero-order valence-corrected chi connectivity index (χ0v) is 19.3. The standard InChI is InChI=1S/C26H30O7/c1-14(2)19(28)10-17-9-16(8-15(25(17)32-5)6-7-26(3,4)31)22-13-21(30)24-20(29)11-18(27)12-23(24)33-22/h6-9,11-12,19,22,27-29,31H,1,10,13H2,2-5H3/t19-,22-/m1/s1. The number of carbonyl (C=O) groups excluding carboxylic acids is 1. The predicted molar refractivity (Wildman–Crippen MR) is 125 cm³/mol. The van der Waals surface area contributed by atoms with Gasteiger partial charge in [-0.1, -0.05) is 24.3 Å². The summed E-state index contributed by atoms with van der Waals surface area (Å²) in [4.78, 5) is 12.8. The van der Waals surface area contributed by atoms with Crippen LogP contribution < -0.4 is 9.47 Å². The summed E-state index contributed by atoms with van der Waals surface area (Å²) in [7, 11) is 1.52. The fourth-order valence-corrected chi connectivity index (χ4v) is 3.74. The first kappa shape index (κ1) is 24.4. The normalized spacial score (nSPS) is 16.9. The molecule has 0 fully saturated rings. The fraction of sp³-hybridized carbons (Fsp3) is 0.346. The minimum absolute atomic E-state index is 0.0191. The van der Waals surface area contributed by atoms with Gasteiger partial charge in [0, 0.05) is 24.1 Å². The van der Waals surface area contributed by atoms with E-state index in [1.807, 2.05) is 0 Å². The highest BCUT2D eigenvalue weighted by Gasteiger charge is 2.32. The Kier molecular flexibility index (Phi) is 6.86. The predicted octanol–water partition coefficient (Wildman–Crippen LogP) is 4.08. The van der Waals surface area contributed by atoms with E-state index in [1.165, 1.54) is 13.2 Å². The highest BCUT2D eigenvalue weighted by atomic mass is 16.5. The molecule has 0 saturated carbocycles. The van der Waals surface area contributed by atoms with Gasteiger partial charge in [0.05, 0.1) is 25.2 Å². The first-order chi connectivity index (χ1) is 15.4. The van der Waals surface area contributed by atoms with Gasteiger partial charge in [-0.15, -0.1) is 0 Å². The van der Waals surface area contributed by atoms with Crippen LogP contribution in [0.4, 0.5) is 0 Å². The van der Waals surface area contributed by atoms with Gasteiger partial charge in [0.2, 0.25) is 0 Å². The van der Waals surface area contributed by atoms with E-state index in [2.05, 4.69) is 6.58 Å². The Balaban J connectivity index is 2.11. The average Bonchev–Trinajstić information content (AvgIpc) is 2.70. The van der Waals surface area contributed by atoms with Crippen molar-refractivity contribution in [1.29, 1.82) is 0 Å². The van der Waals surface area contributed by atoms with Crippen LogP contribution in [0, 0.1) is 0 Å². The number of Topliss-reactive ketones (excluding diaryl/α,β-unsaturated/α-hetero) is 1. The van der Waals surface area contributed by atoms with E-state index in [1.54, 1.807) is 45.1 Å². The van der Waals surface area contributed by atoms with E-state index >= 15 is 0 Å². The molecular weight excluding hydrogens is 424 g/mol. The van der Waals surface area contributed by atoms with Crippen molar-refractivity contribution >= 4 is 11.9 Å². The monoisotopic (exact) mass is 454 g/mol. The molecule has 2 atom stereocenters. The summed E-state index contributed by atoms with van der Waals surface area (Å²) in [6.07, 6.45) is 2.06. The van der Waals surface area contributed by atoms with Crippen molar-refractivity contribution in [3.8, 4) is 23.0 Å². The van der Waals surface area contributed by atoms with Gasteiger partial charge in [-0.25, -0.2) is 0 Å². The van der Waals surface area contributed by atoms with Crippen LogP contribution in [0.15, 0.2) is 42.5 Å². The van der Waals surface area contributed by atoms with Gasteiger partial charge in [-0.2, -0.15) is 0 Å². The Morgan fingerprint density at radius 2 is 2.00 bits per heavy atom. The minimum atomic E-state index is -1.07. The number of ether oxygens (including phenoxy) is 2. The molecule has 4 N–H and O–H groups in total. The molecule has 7 heteroatoms. The second-order valence-electron chi connectivity index (χ2n) is 8.93. The van der Waals surface area contributed by atoms with Crippen molar-refractivity contribution in [1.82, 2.24) is 0 Å². The van der Waals surface area contributed by atoms with Gasteiger partial charge in [0.15, 0.2) is 5.78 Å². The molecule has 0 saturated heterocycles. The number of phenols is 2. The molecule has 7 nitrogen and oxygen atoms in total. The number of methoxy groups -OCH3 is 1. The first-order valence-corrected chi connectivity index (χ1v) is 10.6. The Bertz CT molecular complexity index is 1110. The number of aliphatic hydroxyl groups excluding tert-OH is 1. The topological polar surface area (TPSA) is 116 Å². The second-order valence-corrected chi connectivity index (χ2v) is 8.93. The van der Waals surface area contributed by atoms with Crippen molar-refractivity contribution < 1.29 is 34.7 Å². The summed E-state index contributed by atoms with van der Waals surface area (Å²) in [5.74, 6) is -0.235. The molecule has 0 aliphatic carbocycles. The maximum absolute atomic E-state index is 12.8. The molecule has 3 rings (SSSR count). The third kappa shape index (κ3) is 5.56. The Morgan fingerprint density at radius 3 is 2.61 bits per heavy atom. The average molecular weight is 455 g/mol. The molecule has 0 radical (unpaired) electrons. The van der Waals surface area contributed by atoms with E-state index in [4.69, 9.17) is 9.47 Å². The lowest BCUT2D eigenvalue weighted by molar-refractivity contribution is 0.0844. The Morgan fingerprint density at radius 1 is 1.30 bits per heavy atom. The van der Waals surface area contributed by atoms with Crippen LogP contribution in [0.2, 0.25) is 0 Å². The molecule has 0 unspecified atom stereocenters. The van der Waals surface area contributed by atoms with E-state index in [9.17, 15) is 25.2 Å². The number of carbonyl (C=O) groups is 1. The molecule has 2 aromatic carbocycles. The molecule has 0 bridgehead atoms. The molecule has 1 heterocycles. The maximum Gasteiger partial charge on any atom is 0.174 e. The summed E-state index contributed by atoms with van der Waals surface area (Å²) in [6.45, 7) is 8.82. The van der Waals surface area contributed by atoms with E-state index in [-0.39, 0.29) is 41.4 Å². The third-order valence-electron chi connectivity index (χ3n) is 5.43. The summed E-state index contributed by atoms with van der Waals surface area (Å²) in [6, 6.07) is 6.00. The Labute approximate surface area is 193 Å². The molecule has 176 valence electrons. The fourth-order valence-electron chi connectivity index (χ4n) is 3.74. The van der Waals surface area contributed by atoms with Crippen LogP contribution in [-0.2, 0) is 6.42 Å². The van der Waals surface area contributed by atoms with Crippen LogP contribution in [0.3, 0.4) is 0 Å². The smallest absolute Gasteiger partial charge is 0.174 e. The number of hydrogen-bond acceptors (Lipinski definition) is 7. The first-order valence-electron chi connectivity index (χ1n) is 10.6. The van der Waals surface area contributed by atoms with Gasteiger partial charge in [0.1, 0.15) is 34.7 Å². The van der Waals surface area contributed by atoms with Crippen LogP contribution in [0.1, 0.15) is 60.3 Å². The SMILES string of the molecule is C=C(C)[C@H](O)Cc1cc([C@H]2CC(=O)c3c(O)cc(O)cc3O2)cc(C=CC(C)(C)O)c1OC. The van der Waals surface area contributed by atoms with Crippen molar-refractivity contribution in [2.75, 3.05) is 7.11 Å². The van der Waals surface area contributed by atoms with Crippen molar-refractivity contribution in [2.24, 2.45) is 0 Å². The van der Waals surface area contributed by atoms with Crippen molar-refractivity contribution in [2.45, 2.75) is 51.4 Å². The van der Waals surface area contributed by atoms with Crippen LogP contribution >= 0.6 is 0 Å². The van der Waals surface area contributed by atoms with Crippen LogP contribution in [0.25, 0.3) is 6.08 Å². The lowest BCUT2D eigenvalue weighted by Crippen LogP contribution is -2.21. The molecule has 1 aliphatic rings. The van der Waals surface area contributed by atoms with Crippen molar-refractivity contribution in [3.63, 3.8) is 0 Å². The summed E-state index contributed by atoms with van der Waals surface area (Å²) < 4.78 is 11.6. The largest absolute Gasteiger partial charge is 0.508 e. The zero-order chi connectivity index (χ0) is 24.5. The third-order valence-corrected chi connectivity index (χ3v) is 5.43. The lowest BCUT2D eigenvalue weighted by atomic mass is 9.91. The zero-order valence-electron chi connectivity index (χ0n) is 19.3. The van der Waals surface area contributed by atoms with Gasteiger partial charge >= 0.3 is 0 Å².